The van der Waals surface area contributed by atoms with Crippen LogP contribution in [0.5, 0.6) is 0 Å². The van der Waals surface area contributed by atoms with Crippen LogP contribution in [-0.4, -0.2) is 43.3 Å². The molecule has 2 heterocycles. The van der Waals surface area contributed by atoms with Crippen molar-refractivity contribution in [1.29, 1.82) is 0 Å². The minimum atomic E-state index is -0.378. The summed E-state index contributed by atoms with van der Waals surface area (Å²) in [6.07, 6.45) is 5.03. The number of halogens is 2. The summed E-state index contributed by atoms with van der Waals surface area (Å²) >= 11 is 5.57. The number of amides is 1. The van der Waals surface area contributed by atoms with E-state index in [-0.39, 0.29) is 5.82 Å². The van der Waals surface area contributed by atoms with Gasteiger partial charge in [0.1, 0.15) is 11.0 Å². The molecule has 36 heavy (non-hydrogen) atoms. The molecule has 0 unspecified atom stereocenters. The van der Waals surface area contributed by atoms with E-state index in [1.54, 1.807) is 25.4 Å². The van der Waals surface area contributed by atoms with E-state index < -0.39 is 0 Å². The molecule has 9 heteroatoms. The largest absolute Gasteiger partial charge is 0.388 e. The number of nitrogens with one attached hydrogen (secondary N) is 4. The molecule has 0 fully saturated rings. The molecule has 0 aliphatic rings. The number of hydrogen-bond donors (Lipinski definition) is 4. The number of anilines is 1. The first-order valence-corrected chi connectivity index (χ1v) is 12.5. The normalized spacial score (nSPS) is 9.56. The van der Waals surface area contributed by atoms with Gasteiger partial charge in [0.05, 0.1) is 5.69 Å². The number of nitrogens with zero attached hydrogens (tertiary/aromatic N) is 1. The number of fused-ring (bicyclic) bond motifs is 1. The Morgan fingerprint density at radius 3 is 2.22 bits per heavy atom. The van der Waals surface area contributed by atoms with Gasteiger partial charge in [-0.05, 0) is 55.9 Å². The fourth-order valence-electron chi connectivity index (χ4n) is 2.84. The second kappa shape index (κ2) is 22.2. The number of benzene rings is 1. The topological polar surface area (TPSA) is 98.9 Å². The van der Waals surface area contributed by atoms with E-state index in [0.717, 1.165) is 11.3 Å². The van der Waals surface area contributed by atoms with Crippen molar-refractivity contribution < 1.29 is 14.0 Å². The molecular formula is C27H41ClFN5O2. The quantitative estimate of drug-likeness (QED) is 0.196. The molecule has 3 aromatic rings. The monoisotopic (exact) mass is 521 g/mol. The summed E-state index contributed by atoms with van der Waals surface area (Å²) in [4.78, 5) is 28.6. The summed E-state index contributed by atoms with van der Waals surface area (Å²) in [5, 5.41) is 9.56. The Kier molecular flexibility index (Phi) is 21.6. The molecule has 3 rings (SSSR count). The maximum absolute atomic E-state index is 13.5. The predicted octanol–water partition coefficient (Wildman–Crippen LogP) is 6.67. The molecule has 4 N–H and O–H groups in total. The number of aldehydes is 1. The Morgan fingerprint density at radius 1 is 1.06 bits per heavy atom. The number of rotatable bonds is 8. The molecule has 200 valence electrons. The van der Waals surface area contributed by atoms with Gasteiger partial charge in [0, 0.05) is 41.6 Å². The van der Waals surface area contributed by atoms with Gasteiger partial charge >= 0.3 is 0 Å². The second-order valence-electron chi connectivity index (χ2n) is 6.15. The molecule has 7 nitrogen and oxygen atoms in total. The molecule has 0 spiro atoms. The number of hydrogen-bond acceptors (Lipinski definition) is 5. The second-order valence-corrected chi connectivity index (χ2v) is 6.53. The van der Waals surface area contributed by atoms with Crippen LogP contribution in [0.15, 0.2) is 42.7 Å². The van der Waals surface area contributed by atoms with Crippen molar-refractivity contribution in [2.45, 2.75) is 48.0 Å². The Morgan fingerprint density at radius 2 is 1.72 bits per heavy atom. The van der Waals surface area contributed by atoms with Gasteiger partial charge in [-0.2, -0.15) is 0 Å². The van der Waals surface area contributed by atoms with E-state index in [2.05, 4.69) is 25.9 Å². The average Bonchev–Trinajstić information content (AvgIpc) is 3.30. The van der Waals surface area contributed by atoms with Crippen LogP contribution in [0.3, 0.4) is 0 Å². The van der Waals surface area contributed by atoms with Crippen LogP contribution in [-0.2, 0) is 4.79 Å². The van der Waals surface area contributed by atoms with Gasteiger partial charge in [0.15, 0.2) is 6.29 Å². The van der Waals surface area contributed by atoms with Crippen LogP contribution < -0.4 is 16.0 Å². The van der Waals surface area contributed by atoms with Crippen molar-refractivity contribution in [3.05, 3.63) is 65.0 Å². The van der Waals surface area contributed by atoms with Gasteiger partial charge in [0.25, 0.3) is 0 Å². The number of pyridine rings is 1. The molecule has 0 aliphatic carbocycles. The van der Waals surface area contributed by atoms with Gasteiger partial charge < -0.3 is 20.9 Å². The Labute approximate surface area is 219 Å². The standard InChI is InChI=1S/C15H16FN3O2.C6H7ClN2.3C2H6/c1-17-5-4-10(7-18-9-21)15-12-6-11(16)2-3-13(12)19-14(15)8-20;1-8-5-2-3-9-6(7)4-5;3*1-2/h2-3,6-9,17,19H,4-5H2,1H3,(H,18,21);2-4H,1H3,(H,8,9);3*1-2H3/b10-7+;;;;. The van der Waals surface area contributed by atoms with Crippen LogP contribution in [0.4, 0.5) is 10.1 Å². The minimum Gasteiger partial charge on any atom is -0.388 e. The lowest BCUT2D eigenvalue weighted by molar-refractivity contribution is -0.108. The third-order valence-electron chi connectivity index (χ3n) is 4.21. The lowest BCUT2D eigenvalue weighted by atomic mass is 10.00. The number of aromatic amines is 1. The van der Waals surface area contributed by atoms with Crippen LogP contribution in [0, 0.1) is 5.82 Å². The first-order valence-electron chi connectivity index (χ1n) is 12.1. The molecule has 1 amide bonds. The minimum absolute atomic E-state index is 0.366. The predicted molar refractivity (Wildman–Crippen MR) is 152 cm³/mol. The lowest BCUT2D eigenvalue weighted by Gasteiger charge is -2.08. The number of carbonyl (C=O) groups is 2. The third kappa shape index (κ3) is 12.0. The van der Waals surface area contributed by atoms with Crippen molar-refractivity contribution in [3.8, 4) is 0 Å². The fraction of sp³-hybridized carbons (Fsp3) is 0.370. The highest BCUT2D eigenvalue weighted by molar-refractivity contribution is 6.29. The molecule has 0 atom stereocenters. The van der Waals surface area contributed by atoms with Gasteiger partial charge in [-0.1, -0.05) is 53.1 Å². The average molecular weight is 522 g/mol. The molecule has 0 aliphatic heterocycles. The summed E-state index contributed by atoms with van der Waals surface area (Å²) < 4.78 is 13.5. The molecule has 2 aromatic heterocycles. The fourth-order valence-corrected chi connectivity index (χ4v) is 3.01. The number of aromatic nitrogens is 2. The van der Waals surface area contributed by atoms with Crippen molar-refractivity contribution in [3.63, 3.8) is 0 Å². The maximum atomic E-state index is 13.5. The molecule has 0 bridgehead atoms. The van der Waals surface area contributed by atoms with Crippen molar-refractivity contribution >= 4 is 46.5 Å². The third-order valence-corrected chi connectivity index (χ3v) is 4.42. The summed E-state index contributed by atoms with van der Waals surface area (Å²) in [5.41, 5.74) is 3.38. The molecule has 0 radical (unpaired) electrons. The zero-order valence-corrected chi connectivity index (χ0v) is 23.4. The summed E-state index contributed by atoms with van der Waals surface area (Å²) in [7, 11) is 3.64. The summed E-state index contributed by atoms with van der Waals surface area (Å²) in [6, 6.07) is 7.91. The molecular weight excluding hydrogens is 481 g/mol. The summed E-state index contributed by atoms with van der Waals surface area (Å²) in [5.74, 6) is -0.378. The Hall–Kier alpha value is -3.23. The van der Waals surface area contributed by atoms with Crippen molar-refractivity contribution in [1.82, 2.24) is 20.6 Å². The van der Waals surface area contributed by atoms with E-state index in [0.29, 0.717) is 53.0 Å². The highest BCUT2D eigenvalue weighted by Gasteiger charge is 2.15. The molecule has 0 saturated heterocycles. The van der Waals surface area contributed by atoms with Crippen LogP contribution >= 0.6 is 11.6 Å². The maximum Gasteiger partial charge on any atom is 0.211 e. The zero-order valence-electron chi connectivity index (χ0n) is 22.6. The lowest BCUT2D eigenvalue weighted by Crippen LogP contribution is -2.10. The van der Waals surface area contributed by atoms with Crippen LogP contribution in [0.1, 0.15) is 64.0 Å². The smallest absolute Gasteiger partial charge is 0.211 e. The van der Waals surface area contributed by atoms with Crippen molar-refractivity contribution in [2.24, 2.45) is 0 Å². The van der Waals surface area contributed by atoms with E-state index in [1.807, 2.05) is 54.7 Å². The highest BCUT2D eigenvalue weighted by Crippen LogP contribution is 2.30. The molecule has 0 saturated carbocycles. The number of carbonyl (C=O) groups excluding carboxylic acids is 2. The number of H-pyrrole nitrogens is 1. The van der Waals surface area contributed by atoms with Gasteiger partial charge in [0.2, 0.25) is 6.41 Å². The Bertz CT molecular complexity index is 1040. The first kappa shape index (κ1) is 34.9. The first-order chi connectivity index (χ1) is 17.5. The van der Waals surface area contributed by atoms with Gasteiger partial charge in [-0.15, -0.1) is 0 Å². The van der Waals surface area contributed by atoms with E-state index in [4.69, 9.17) is 11.6 Å². The van der Waals surface area contributed by atoms with E-state index in [9.17, 15) is 14.0 Å². The van der Waals surface area contributed by atoms with Crippen LogP contribution in [0.2, 0.25) is 5.15 Å². The Balaban J connectivity index is 0. The van der Waals surface area contributed by atoms with Crippen molar-refractivity contribution in [2.75, 3.05) is 26.0 Å². The van der Waals surface area contributed by atoms with E-state index in [1.165, 1.54) is 18.3 Å². The van der Waals surface area contributed by atoms with Crippen LogP contribution in [0.25, 0.3) is 16.5 Å². The van der Waals surface area contributed by atoms with E-state index >= 15 is 0 Å². The molecule has 1 aromatic carbocycles. The SMILES string of the molecule is CC.CC.CC.CNCC/C(=C\NC=O)c1c(C=O)[nH]c2ccc(F)cc12.CNc1ccnc(Cl)c1. The highest BCUT2D eigenvalue weighted by atomic mass is 35.5. The summed E-state index contributed by atoms with van der Waals surface area (Å²) in [6.45, 7) is 12.7. The van der Waals surface area contributed by atoms with Gasteiger partial charge in [-0.3, -0.25) is 9.59 Å². The van der Waals surface area contributed by atoms with Gasteiger partial charge in [-0.25, -0.2) is 9.37 Å². The zero-order chi connectivity index (χ0) is 27.9.